The second-order valence-electron chi connectivity index (χ2n) is 4.02. The van der Waals surface area contributed by atoms with E-state index in [4.69, 9.17) is 4.42 Å². The molecule has 3 rings (SSSR count). The molecule has 1 heterocycles. The van der Waals surface area contributed by atoms with Crippen molar-refractivity contribution in [2.75, 3.05) is 0 Å². The van der Waals surface area contributed by atoms with Crippen molar-refractivity contribution in [3.63, 3.8) is 0 Å². The Morgan fingerprint density at radius 2 is 1.79 bits per heavy atom. The smallest absolute Gasteiger partial charge is 1.00 e. The van der Waals surface area contributed by atoms with Crippen LogP contribution >= 0.6 is 0 Å². The molecule has 0 bridgehead atoms. The Kier molecular flexibility index (Phi) is 4.60. The minimum absolute atomic E-state index is 0. The van der Waals surface area contributed by atoms with Crippen molar-refractivity contribution >= 4 is 11.0 Å². The summed E-state index contributed by atoms with van der Waals surface area (Å²) in [5.41, 5.74) is 1.63. The summed E-state index contributed by atoms with van der Waals surface area (Å²) in [5.74, 6) is 0.0556. The zero-order valence-electron chi connectivity index (χ0n) is 11.5. The Hall–Kier alpha value is -0.914. The van der Waals surface area contributed by atoms with Crippen LogP contribution in [0.15, 0.2) is 64.0 Å². The summed E-state index contributed by atoms with van der Waals surface area (Å²) in [6, 6.07) is 13.8. The molecule has 0 saturated heterocycles. The number of rotatable bonds is 1. The van der Waals surface area contributed by atoms with Crippen molar-refractivity contribution in [2.24, 2.45) is 0 Å². The van der Waals surface area contributed by atoms with E-state index in [0.29, 0.717) is 16.5 Å². The quantitative estimate of drug-likeness (QED) is 0.651. The third-order valence-corrected chi connectivity index (χ3v) is 2.84. The predicted molar refractivity (Wildman–Crippen MR) is 70.7 cm³/mol. The van der Waals surface area contributed by atoms with E-state index < -0.39 is 0 Å². The zero-order valence-corrected chi connectivity index (χ0v) is 13.6. The van der Waals surface area contributed by atoms with E-state index in [0.717, 1.165) is 5.56 Å². The Labute approximate surface area is 153 Å². The molecule has 0 fully saturated rings. The van der Waals surface area contributed by atoms with E-state index in [1.807, 2.05) is 30.3 Å². The standard InChI is InChI=1S/C15H10O3.K.H/c16-11-6-7-14-12(8-11)15(17)13(9-18-14)10-4-2-1-3-5-10;;/h1-9,16H;;/q;+1;-1. The molecule has 1 aromatic heterocycles. The molecule has 0 aliphatic heterocycles. The maximum Gasteiger partial charge on any atom is 1.00 e. The van der Waals surface area contributed by atoms with Gasteiger partial charge in [0.05, 0.1) is 10.9 Å². The molecule has 0 amide bonds. The van der Waals surface area contributed by atoms with Crippen LogP contribution in [-0.4, -0.2) is 5.11 Å². The number of phenolic OH excluding ortho intramolecular Hbond substituents is 1. The molecule has 0 atom stereocenters. The van der Waals surface area contributed by atoms with Gasteiger partial charge in [0.25, 0.3) is 0 Å². The number of fused-ring (bicyclic) bond motifs is 1. The largest absolute Gasteiger partial charge is 1.00 e. The summed E-state index contributed by atoms with van der Waals surface area (Å²) in [6.07, 6.45) is 1.46. The molecule has 3 aromatic rings. The average Bonchev–Trinajstić information content (AvgIpc) is 2.41. The maximum atomic E-state index is 12.3. The fraction of sp³-hybridized carbons (Fsp3) is 0. The number of aromatic hydroxyl groups is 1. The van der Waals surface area contributed by atoms with E-state index in [9.17, 15) is 9.90 Å². The first-order valence-electron chi connectivity index (χ1n) is 5.55. The van der Waals surface area contributed by atoms with Crippen LogP contribution in [0.2, 0.25) is 0 Å². The van der Waals surface area contributed by atoms with Gasteiger partial charge in [-0.05, 0) is 23.8 Å². The fourth-order valence-corrected chi connectivity index (χ4v) is 1.94. The van der Waals surface area contributed by atoms with Crippen molar-refractivity contribution in [3.8, 4) is 16.9 Å². The first kappa shape index (κ1) is 14.5. The van der Waals surface area contributed by atoms with Crippen molar-refractivity contribution in [1.29, 1.82) is 0 Å². The van der Waals surface area contributed by atoms with Gasteiger partial charge < -0.3 is 11.0 Å². The Bertz CT molecular complexity index is 769. The van der Waals surface area contributed by atoms with Crippen LogP contribution in [0.4, 0.5) is 0 Å². The van der Waals surface area contributed by atoms with Gasteiger partial charge in [-0.25, -0.2) is 0 Å². The second-order valence-corrected chi connectivity index (χ2v) is 4.02. The van der Waals surface area contributed by atoms with Gasteiger partial charge in [-0.1, -0.05) is 30.3 Å². The van der Waals surface area contributed by atoms with E-state index in [2.05, 4.69) is 0 Å². The number of phenols is 1. The van der Waals surface area contributed by atoms with E-state index in [-0.39, 0.29) is 64.0 Å². The molecule has 0 spiro atoms. The molecule has 0 unspecified atom stereocenters. The molecule has 0 radical (unpaired) electrons. The summed E-state index contributed by atoms with van der Waals surface area (Å²) in [5, 5.41) is 9.82. The van der Waals surface area contributed by atoms with Crippen LogP contribution in [-0.2, 0) is 0 Å². The molecule has 0 saturated carbocycles. The third-order valence-electron chi connectivity index (χ3n) is 2.84. The van der Waals surface area contributed by atoms with Gasteiger partial charge in [-0.2, -0.15) is 0 Å². The summed E-state index contributed by atoms with van der Waals surface area (Å²) in [6.45, 7) is 0. The second kappa shape index (κ2) is 6.03. The molecule has 4 heteroatoms. The third kappa shape index (κ3) is 2.83. The van der Waals surface area contributed by atoms with E-state index >= 15 is 0 Å². The molecular formula is C15H11KO3. The van der Waals surface area contributed by atoms with Gasteiger partial charge in [0.15, 0.2) is 0 Å². The van der Waals surface area contributed by atoms with Crippen LogP contribution in [0.5, 0.6) is 5.75 Å². The molecule has 0 aliphatic rings. The van der Waals surface area contributed by atoms with Gasteiger partial charge in [0.2, 0.25) is 5.43 Å². The number of hydrogen-bond donors (Lipinski definition) is 1. The van der Waals surface area contributed by atoms with Crippen molar-refractivity contribution < 1.29 is 62.3 Å². The van der Waals surface area contributed by atoms with Gasteiger partial charge in [-0.15, -0.1) is 0 Å². The van der Waals surface area contributed by atoms with Gasteiger partial charge in [0, 0.05) is 0 Å². The summed E-state index contributed by atoms with van der Waals surface area (Å²) in [4.78, 5) is 12.3. The van der Waals surface area contributed by atoms with Crippen LogP contribution in [0.1, 0.15) is 1.43 Å². The van der Waals surface area contributed by atoms with Crippen molar-refractivity contribution in [2.45, 2.75) is 0 Å². The van der Waals surface area contributed by atoms with Crippen LogP contribution < -0.4 is 56.8 Å². The topological polar surface area (TPSA) is 50.4 Å². The number of benzene rings is 2. The zero-order chi connectivity index (χ0) is 12.5. The minimum atomic E-state index is -0.140. The normalized spacial score (nSPS) is 10.1. The van der Waals surface area contributed by atoms with Gasteiger partial charge in [-0.3, -0.25) is 4.79 Å². The first-order chi connectivity index (χ1) is 8.75. The van der Waals surface area contributed by atoms with Crippen LogP contribution in [0.3, 0.4) is 0 Å². The SMILES string of the molecule is O=c1c(-c2ccccc2)coc2ccc(O)cc12.[H-].[K+]. The molecule has 2 aromatic carbocycles. The Morgan fingerprint density at radius 3 is 2.53 bits per heavy atom. The molecule has 19 heavy (non-hydrogen) atoms. The van der Waals surface area contributed by atoms with Crippen molar-refractivity contribution in [1.82, 2.24) is 0 Å². The average molecular weight is 278 g/mol. The Balaban J connectivity index is 0.000001000. The van der Waals surface area contributed by atoms with Crippen LogP contribution in [0, 0.1) is 0 Å². The van der Waals surface area contributed by atoms with Crippen LogP contribution in [0.25, 0.3) is 22.1 Å². The van der Waals surface area contributed by atoms with Gasteiger partial charge in [0.1, 0.15) is 17.6 Å². The molecule has 3 nitrogen and oxygen atoms in total. The van der Waals surface area contributed by atoms with E-state index in [1.165, 1.54) is 18.4 Å². The molecular weight excluding hydrogens is 267 g/mol. The summed E-state index contributed by atoms with van der Waals surface area (Å²) in [7, 11) is 0. The monoisotopic (exact) mass is 278 g/mol. The number of hydrogen-bond acceptors (Lipinski definition) is 3. The minimum Gasteiger partial charge on any atom is -1.00 e. The Morgan fingerprint density at radius 1 is 1.05 bits per heavy atom. The summed E-state index contributed by atoms with van der Waals surface area (Å²) < 4.78 is 5.42. The first-order valence-corrected chi connectivity index (χ1v) is 5.55. The molecule has 0 aliphatic carbocycles. The predicted octanol–water partition coefficient (Wildman–Crippen LogP) is 0.282. The summed E-state index contributed by atoms with van der Waals surface area (Å²) >= 11 is 0. The molecule has 90 valence electrons. The van der Waals surface area contributed by atoms with E-state index in [1.54, 1.807) is 6.07 Å². The van der Waals surface area contributed by atoms with Gasteiger partial charge >= 0.3 is 51.4 Å². The fourth-order valence-electron chi connectivity index (χ4n) is 1.94. The maximum absolute atomic E-state index is 12.3. The van der Waals surface area contributed by atoms with Crippen molar-refractivity contribution in [3.05, 3.63) is 65.0 Å². The molecule has 1 N–H and O–H groups in total.